The van der Waals surface area contributed by atoms with Crippen molar-refractivity contribution >= 4 is 5.97 Å². The molecule has 2 rings (SSSR count). The molecule has 0 fully saturated rings. The SMILES string of the molecule is COC(=O)[C@@H](N)Cc1ccc(-n2c(=O)c(C)cn(C)c2=O)cc1. The molecule has 7 nitrogen and oxygen atoms in total. The molecule has 0 bridgehead atoms. The van der Waals surface area contributed by atoms with E-state index in [0.29, 0.717) is 17.7 Å². The molecule has 1 heterocycles. The van der Waals surface area contributed by atoms with Crippen LogP contribution >= 0.6 is 0 Å². The van der Waals surface area contributed by atoms with Crippen molar-refractivity contribution in [2.24, 2.45) is 12.8 Å². The van der Waals surface area contributed by atoms with Crippen LogP contribution in [0.4, 0.5) is 0 Å². The van der Waals surface area contributed by atoms with Crippen molar-refractivity contribution in [1.82, 2.24) is 9.13 Å². The highest BCUT2D eigenvalue weighted by molar-refractivity contribution is 5.75. The van der Waals surface area contributed by atoms with E-state index in [1.807, 2.05) is 0 Å². The number of aryl methyl sites for hydroxylation is 2. The van der Waals surface area contributed by atoms with Crippen molar-refractivity contribution in [3.8, 4) is 5.69 Å². The van der Waals surface area contributed by atoms with Crippen molar-refractivity contribution in [2.75, 3.05) is 7.11 Å². The predicted octanol–water partition coefficient (Wildman–Crippen LogP) is -0.113. The van der Waals surface area contributed by atoms with Gasteiger partial charge in [-0.2, -0.15) is 0 Å². The number of nitrogens with two attached hydrogens (primary N) is 1. The van der Waals surface area contributed by atoms with Gasteiger partial charge >= 0.3 is 11.7 Å². The molecule has 0 aliphatic rings. The third-order valence-corrected chi connectivity index (χ3v) is 3.57. The monoisotopic (exact) mass is 317 g/mol. The van der Waals surface area contributed by atoms with Gasteiger partial charge in [0.25, 0.3) is 5.56 Å². The number of carbonyl (C=O) groups is 1. The van der Waals surface area contributed by atoms with Crippen LogP contribution in [0.3, 0.4) is 0 Å². The van der Waals surface area contributed by atoms with Gasteiger partial charge in [0, 0.05) is 18.8 Å². The third kappa shape index (κ3) is 3.40. The van der Waals surface area contributed by atoms with E-state index in [-0.39, 0.29) is 5.56 Å². The Kier molecular flexibility index (Phi) is 4.80. The molecule has 7 heteroatoms. The zero-order chi connectivity index (χ0) is 17.1. The van der Waals surface area contributed by atoms with Gasteiger partial charge in [-0.25, -0.2) is 9.36 Å². The van der Waals surface area contributed by atoms with Crippen LogP contribution in [-0.2, 0) is 23.0 Å². The highest BCUT2D eigenvalue weighted by Gasteiger charge is 2.14. The maximum Gasteiger partial charge on any atom is 0.335 e. The number of esters is 1. The lowest BCUT2D eigenvalue weighted by atomic mass is 10.1. The largest absolute Gasteiger partial charge is 0.468 e. The summed E-state index contributed by atoms with van der Waals surface area (Å²) in [6, 6.07) is 6.02. The molecule has 0 aliphatic heterocycles. The Morgan fingerprint density at radius 1 is 1.26 bits per heavy atom. The quantitative estimate of drug-likeness (QED) is 0.794. The molecular weight excluding hydrogens is 298 g/mol. The lowest BCUT2D eigenvalue weighted by Crippen LogP contribution is -2.38. The summed E-state index contributed by atoms with van der Waals surface area (Å²) in [5.41, 5.74) is 6.69. The van der Waals surface area contributed by atoms with Gasteiger partial charge < -0.3 is 15.0 Å². The van der Waals surface area contributed by atoms with E-state index in [9.17, 15) is 14.4 Å². The number of ether oxygens (including phenoxy) is 1. The Labute approximate surface area is 132 Å². The van der Waals surface area contributed by atoms with Gasteiger partial charge in [0.1, 0.15) is 6.04 Å². The molecule has 0 radical (unpaired) electrons. The van der Waals surface area contributed by atoms with Crippen molar-refractivity contribution < 1.29 is 9.53 Å². The second-order valence-corrected chi connectivity index (χ2v) is 5.35. The van der Waals surface area contributed by atoms with Crippen molar-refractivity contribution in [3.63, 3.8) is 0 Å². The first-order valence-electron chi connectivity index (χ1n) is 7.07. The topological polar surface area (TPSA) is 96.3 Å². The Balaban J connectivity index is 2.36. The maximum absolute atomic E-state index is 12.2. The van der Waals surface area contributed by atoms with Crippen molar-refractivity contribution in [3.05, 3.63) is 62.4 Å². The van der Waals surface area contributed by atoms with Crippen molar-refractivity contribution in [1.29, 1.82) is 0 Å². The summed E-state index contributed by atoms with van der Waals surface area (Å²) in [5, 5.41) is 0. The fourth-order valence-corrected chi connectivity index (χ4v) is 2.32. The van der Waals surface area contributed by atoms with E-state index in [2.05, 4.69) is 4.74 Å². The van der Waals surface area contributed by atoms with E-state index in [4.69, 9.17) is 5.73 Å². The van der Waals surface area contributed by atoms with E-state index in [1.54, 1.807) is 38.2 Å². The van der Waals surface area contributed by atoms with Crippen LogP contribution in [0.15, 0.2) is 40.1 Å². The van der Waals surface area contributed by atoms with Gasteiger partial charge in [0.05, 0.1) is 12.8 Å². The Morgan fingerprint density at radius 2 is 1.87 bits per heavy atom. The van der Waals surface area contributed by atoms with Gasteiger partial charge in [0.15, 0.2) is 0 Å². The number of hydrogen-bond acceptors (Lipinski definition) is 5. The fourth-order valence-electron chi connectivity index (χ4n) is 2.32. The Morgan fingerprint density at radius 3 is 2.43 bits per heavy atom. The highest BCUT2D eigenvalue weighted by atomic mass is 16.5. The predicted molar refractivity (Wildman–Crippen MR) is 85.7 cm³/mol. The van der Waals surface area contributed by atoms with Crippen LogP contribution in [0.2, 0.25) is 0 Å². The minimum atomic E-state index is -0.750. The third-order valence-electron chi connectivity index (χ3n) is 3.57. The number of aromatic nitrogens is 2. The van der Waals surface area contributed by atoms with Crippen LogP contribution in [-0.4, -0.2) is 28.3 Å². The molecular formula is C16H19N3O4. The first kappa shape index (κ1) is 16.7. The molecule has 2 N–H and O–H groups in total. The van der Waals surface area contributed by atoms with Crippen molar-refractivity contribution in [2.45, 2.75) is 19.4 Å². The second-order valence-electron chi connectivity index (χ2n) is 5.35. The summed E-state index contributed by atoms with van der Waals surface area (Å²) in [4.78, 5) is 35.7. The van der Waals surface area contributed by atoms with Crippen LogP contribution in [0, 0.1) is 6.92 Å². The highest BCUT2D eigenvalue weighted by Crippen LogP contribution is 2.09. The summed E-state index contributed by atoms with van der Waals surface area (Å²) in [5.74, 6) is -0.488. The molecule has 2 aromatic rings. The molecule has 0 amide bonds. The van der Waals surface area contributed by atoms with Crippen LogP contribution in [0.25, 0.3) is 5.69 Å². The lowest BCUT2D eigenvalue weighted by Gasteiger charge is -2.11. The van der Waals surface area contributed by atoms with E-state index in [1.165, 1.54) is 17.9 Å². The lowest BCUT2D eigenvalue weighted by molar-refractivity contribution is -0.142. The Bertz CT molecular complexity index is 800. The number of methoxy groups -OCH3 is 1. The van der Waals surface area contributed by atoms with Gasteiger partial charge in [-0.05, 0) is 31.0 Å². The molecule has 0 unspecified atom stereocenters. The number of hydrogen-bond donors (Lipinski definition) is 1. The molecule has 23 heavy (non-hydrogen) atoms. The van der Waals surface area contributed by atoms with Gasteiger partial charge in [0.2, 0.25) is 0 Å². The van der Waals surface area contributed by atoms with Gasteiger partial charge in [-0.15, -0.1) is 0 Å². The standard InChI is InChI=1S/C16H19N3O4/c1-10-9-18(2)16(22)19(14(10)20)12-6-4-11(5-7-12)8-13(17)15(21)23-3/h4-7,9,13H,8,17H2,1-3H3/t13-/m0/s1. The van der Waals surface area contributed by atoms with Crippen LogP contribution in [0.1, 0.15) is 11.1 Å². The van der Waals surface area contributed by atoms with Crippen LogP contribution < -0.4 is 17.0 Å². The zero-order valence-electron chi connectivity index (χ0n) is 13.3. The number of carbonyl (C=O) groups excluding carboxylic acids is 1. The molecule has 0 saturated carbocycles. The number of rotatable bonds is 4. The summed E-state index contributed by atoms with van der Waals surface area (Å²) < 4.78 is 7.05. The molecule has 0 aliphatic carbocycles. The van der Waals surface area contributed by atoms with E-state index < -0.39 is 17.7 Å². The molecule has 1 aromatic heterocycles. The van der Waals surface area contributed by atoms with Gasteiger partial charge in [-0.3, -0.25) is 9.59 Å². The van der Waals surface area contributed by atoms with Crippen LogP contribution in [0.5, 0.6) is 0 Å². The first-order chi connectivity index (χ1) is 10.8. The normalized spacial score (nSPS) is 12.0. The summed E-state index contributed by atoms with van der Waals surface area (Å²) in [6.07, 6.45) is 1.82. The average Bonchev–Trinajstić information content (AvgIpc) is 2.54. The molecule has 1 aromatic carbocycles. The molecule has 1 atom stereocenters. The van der Waals surface area contributed by atoms with E-state index in [0.717, 1.165) is 10.1 Å². The summed E-state index contributed by atoms with van der Waals surface area (Å²) in [6.45, 7) is 1.65. The van der Waals surface area contributed by atoms with Gasteiger partial charge in [-0.1, -0.05) is 12.1 Å². The fraction of sp³-hybridized carbons (Fsp3) is 0.312. The number of benzene rings is 1. The molecule has 0 spiro atoms. The molecule has 0 saturated heterocycles. The Hall–Kier alpha value is -2.67. The molecule has 122 valence electrons. The second kappa shape index (κ2) is 6.62. The average molecular weight is 317 g/mol. The smallest absolute Gasteiger partial charge is 0.335 e. The zero-order valence-corrected chi connectivity index (χ0v) is 13.3. The first-order valence-corrected chi connectivity index (χ1v) is 7.07. The number of nitrogens with zero attached hydrogens (tertiary/aromatic N) is 2. The van der Waals surface area contributed by atoms with E-state index >= 15 is 0 Å². The summed E-state index contributed by atoms with van der Waals surface area (Å²) >= 11 is 0. The minimum absolute atomic E-state index is 0.313. The maximum atomic E-state index is 12.2. The minimum Gasteiger partial charge on any atom is -0.468 e. The summed E-state index contributed by atoms with van der Waals surface area (Å²) in [7, 11) is 2.88.